The summed E-state index contributed by atoms with van der Waals surface area (Å²) in [5, 5.41) is 0.573. The standard InChI is InChI=1S/C14H9Cl2O2/c15-12-6-11(7-13(16)8-12)14(17)18-9-10-4-2-1-3-5-10/h1-7H,9H2. The predicted octanol–water partition coefficient (Wildman–Crippen LogP) is 4.15. The first-order valence-corrected chi connectivity index (χ1v) is 6.00. The summed E-state index contributed by atoms with van der Waals surface area (Å²) < 4.78 is 5.15. The Morgan fingerprint density at radius 3 is 2.33 bits per heavy atom. The molecular formula is C14H9Cl2O2. The van der Waals surface area contributed by atoms with E-state index in [1.807, 2.05) is 30.3 Å². The van der Waals surface area contributed by atoms with Crippen LogP contribution in [0, 0.1) is 6.07 Å². The van der Waals surface area contributed by atoms with E-state index in [9.17, 15) is 4.79 Å². The van der Waals surface area contributed by atoms with Crippen LogP contribution in [0.15, 0.2) is 42.5 Å². The summed E-state index contributed by atoms with van der Waals surface area (Å²) in [5.74, 6) is -0.461. The van der Waals surface area contributed by atoms with Crippen molar-refractivity contribution in [2.75, 3.05) is 0 Å². The first-order chi connectivity index (χ1) is 8.65. The van der Waals surface area contributed by atoms with Gasteiger partial charge >= 0.3 is 5.97 Å². The molecule has 1 radical (unpaired) electrons. The Morgan fingerprint density at radius 1 is 1.11 bits per heavy atom. The smallest absolute Gasteiger partial charge is 0.338 e. The molecule has 91 valence electrons. The normalized spacial score (nSPS) is 10.1. The lowest BCUT2D eigenvalue weighted by molar-refractivity contribution is 0.0472. The molecule has 0 atom stereocenters. The van der Waals surface area contributed by atoms with Gasteiger partial charge in [0.05, 0.1) is 15.6 Å². The van der Waals surface area contributed by atoms with Crippen molar-refractivity contribution < 1.29 is 9.53 Å². The van der Waals surface area contributed by atoms with Gasteiger partial charge in [0.25, 0.3) is 0 Å². The Bertz CT molecular complexity index is 533. The van der Waals surface area contributed by atoms with Crippen LogP contribution in [0.4, 0.5) is 0 Å². The second kappa shape index (κ2) is 5.89. The number of rotatable bonds is 3. The maximum absolute atomic E-state index is 11.8. The molecule has 0 heterocycles. The zero-order valence-corrected chi connectivity index (χ0v) is 10.8. The lowest BCUT2D eigenvalue weighted by atomic mass is 10.2. The molecule has 0 aliphatic carbocycles. The van der Waals surface area contributed by atoms with E-state index in [1.165, 1.54) is 12.1 Å². The van der Waals surface area contributed by atoms with E-state index >= 15 is 0 Å². The van der Waals surface area contributed by atoms with E-state index in [1.54, 1.807) is 0 Å². The Kier molecular flexibility index (Phi) is 4.24. The van der Waals surface area contributed by atoms with Crippen LogP contribution in [0.5, 0.6) is 0 Å². The third kappa shape index (κ3) is 3.49. The molecule has 0 spiro atoms. The average Bonchev–Trinajstić information content (AvgIpc) is 2.36. The molecule has 2 aromatic carbocycles. The highest BCUT2D eigenvalue weighted by atomic mass is 35.5. The van der Waals surface area contributed by atoms with Crippen molar-refractivity contribution in [2.45, 2.75) is 6.61 Å². The number of hydrogen-bond acceptors (Lipinski definition) is 2. The number of esters is 1. The van der Waals surface area contributed by atoms with Crippen molar-refractivity contribution in [3.8, 4) is 0 Å². The fourth-order valence-corrected chi connectivity index (χ4v) is 1.91. The van der Waals surface area contributed by atoms with E-state index < -0.39 is 5.97 Å². The third-order valence-corrected chi connectivity index (χ3v) is 2.66. The highest BCUT2D eigenvalue weighted by molar-refractivity contribution is 6.34. The number of benzene rings is 2. The van der Waals surface area contributed by atoms with E-state index in [0.717, 1.165) is 5.56 Å². The summed E-state index contributed by atoms with van der Waals surface area (Å²) in [6.07, 6.45) is 0. The van der Waals surface area contributed by atoms with Gasteiger partial charge < -0.3 is 4.74 Å². The Balaban J connectivity index is 2.04. The summed E-state index contributed by atoms with van der Waals surface area (Å²) in [6, 6.07) is 15.0. The van der Waals surface area contributed by atoms with Gasteiger partial charge in [-0.25, -0.2) is 4.79 Å². The van der Waals surface area contributed by atoms with Crippen molar-refractivity contribution in [2.24, 2.45) is 0 Å². The molecular weight excluding hydrogens is 271 g/mol. The van der Waals surface area contributed by atoms with Gasteiger partial charge in [0, 0.05) is 6.07 Å². The van der Waals surface area contributed by atoms with Crippen LogP contribution < -0.4 is 0 Å². The topological polar surface area (TPSA) is 26.3 Å². The number of ether oxygens (including phenoxy) is 1. The molecule has 0 bridgehead atoms. The molecule has 18 heavy (non-hydrogen) atoms. The zero-order valence-electron chi connectivity index (χ0n) is 9.32. The summed E-state index contributed by atoms with van der Waals surface area (Å²) in [6.45, 7) is 0.216. The number of carbonyl (C=O) groups excluding carboxylic acids is 1. The molecule has 4 heteroatoms. The molecule has 2 nitrogen and oxygen atoms in total. The van der Waals surface area contributed by atoms with Gasteiger partial charge in [-0.1, -0.05) is 53.5 Å². The fraction of sp³-hybridized carbons (Fsp3) is 0.0714. The monoisotopic (exact) mass is 279 g/mol. The van der Waals surface area contributed by atoms with Gasteiger partial charge in [-0.15, -0.1) is 0 Å². The van der Waals surface area contributed by atoms with Crippen LogP contribution in [0.2, 0.25) is 10.0 Å². The minimum atomic E-state index is -0.461. The van der Waals surface area contributed by atoms with Gasteiger partial charge in [0.1, 0.15) is 6.61 Å². The quantitative estimate of drug-likeness (QED) is 0.789. The van der Waals surface area contributed by atoms with Crippen molar-refractivity contribution in [3.05, 3.63) is 69.7 Å². The van der Waals surface area contributed by atoms with E-state index in [-0.39, 0.29) is 16.7 Å². The van der Waals surface area contributed by atoms with Crippen molar-refractivity contribution in [1.29, 1.82) is 0 Å². The van der Waals surface area contributed by atoms with Gasteiger partial charge in [0.2, 0.25) is 0 Å². The molecule has 0 amide bonds. The maximum Gasteiger partial charge on any atom is 0.338 e. The first-order valence-electron chi connectivity index (χ1n) is 5.24. The SMILES string of the molecule is O=C(OCc1ccccc1)c1cc(Cl)[c]c(Cl)c1. The second-order valence-corrected chi connectivity index (χ2v) is 4.44. The summed E-state index contributed by atoms with van der Waals surface area (Å²) in [4.78, 5) is 11.8. The Morgan fingerprint density at radius 2 is 1.72 bits per heavy atom. The Hall–Kier alpha value is -1.51. The van der Waals surface area contributed by atoms with Crippen molar-refractivity contribution >= 4 is 29.2 Å². The van der Waals surface area contributed by atoms with E-state index in [2.05, 4.69) is 6.07 Å². The highest BCUT2D eigenvalue weighted by Crippen LogP contribution is 2.19. The van der Waals surface area contributed by atoms with Gasteiger partial charge in [-0.3, -0.25) is 0 Å². The molecule has 0 fully saturated rings. The minimum Gasteiger partial charge on any atom is -0.457 e. The van der Waals surface area contributed by atoms with Crippen LogP contribution in [0.3, 0.4) is 0 Å². The molecule has 0 saturated heterocycles. The van der Waals surface area contributed by atoms with Crippen LogP contribution in [0.1, 0.15) is 15.9 Å². The fourth-order valence-electron chi connectivity index (χ4n) is 1.43. The lowest BCUT2D eigenvalue weighted by Crippen LogP contribution is -2.05. The van der Waals surface area contributed by atoms with Gasteiger partial charge in [-0.2, -0.15) is 0 Å². The maximum atomic E-state index is 11.8. The molecule has 0 aliphatic rings. The van der Waals surface area contributed by atoms with Crippen molar-refractivity contribution in [1.82, 2.24) is 0 Å². The van der Waals surface area contributed by atoms with E-state index in [0.29, 0.717) is 5.56 Å². The third-order valence-electron chi connectivity index (χ3n) is 2.25. The van der Waals surface area contributed by atoms with Crippen LogP contribution in [-0.4, -0.2) is 5.97 Å². The number of halogens is 2. The number of carbonyl (C=O) groups is 1. The van der Waals surface area contributed by atoms with Gasteiger partial charge in [0.15, 0.2) is 0 Å². The molecule has 2 aromatic rings. The summed E-state index contributed by atoms with van der Waals surface area (Å²) >= 11 is 11.5. The number of hydrogen-bond donors (Lipinski definition) is 0. The molecule has 0 aromatic heterocycles. The molecule has 2 rings (SSSR count). The predicted molar refractivity (Wildman–Crippen MR) is 70.9 cm³/mol. The highest BCUT2D eigenvalue weighted by Gasteiger charge is 2.09. The molecule has 0 aliphatic heterocycles. The largest absolute Gasteiger partial charge is 0.457 e. The van der Waals surface area contributed by atoms with Crippen LogP contribution in [-0.2, 0) is 11.3 Å². The minimum absolute atomic E-state index is 0.216. The lowest BCUT2D eigenvalue weighted by Gasteiger charge is -2.05. The molecule has 0 saturated carbocycles. The molecule has 0 N–H and O–H groups in total. The van der Waals surface area contributed by atoms with Gasteiger partial charge in [-0.05, 0) is 17.7 Å². The molecule has 0 unspecified atom stereocenters. The Labute approximate surface area is 115 Å². The summed E-state index contributed by atoms with van der Waals surface area (Å²) in [5.41, 5.74) is 1.24. The average molecular weight is 280 g/mol. The van der Waals surface area contributed by atoms with E-state index in [4.69, 9.17) is 27.9 Å². The zero-order chi connectivity index (χ0) is 13.0. The van der Waals surface area contributed by atoms with Crippen molar-refractivity contribution in [3.63, 3.8) is 0 Å². The van der Waals surface area contributed by atoms with Crippen LogP contribution >= 0.6 is 23.2 Å². The van der Waals surface area contributed by atoms with Crippen LogP contribution in [0.25, 0.3) is 0 Å². The summed E-state index contributed by atoms with van der Waals surface area (Å²) in [7, 11) is 0. The first kappa shape index (κ1) is 12.9. The second-order valence-electron chi connectivity index (χ2n) is 3.63.